The predicted molar refractivity (Wildman–Crippen MR) is 73.3 cm³/mol. The molecule has 1 heterocycles. The van der Waals surface area contributed by atoms with Gasteiger partial charge in [-0.05, 0) is 19.4 Å². The van der Waals surface area contributed by atoms with Crippen LogP contribution >= 0.6 is 11.6 Å². The number of carbonyl (C=O) groups is 2. The molecular weight excluding hydrogens is 268 g/mol. The van der Waals surface area contributed by atoms with Gasteiger partial charge in [-0.25, -0.2) is 0 Å². The van der Waals surface area contributed by atoms with Crippen LogP contribution in [-0.2, 0) is 10.7 Å². The quantitative estimate of drug-likeness (QED) is 0.753. The van der Waals surface area contributed by atoms with Crippen LogP contribution in [0.4, 0.5) is 0 Å². The van der Waals surface area contributed by atoms with Crippen LogP contribution in [0.2, 0.25) is 0 Å². The van der Waals surface area contributed by atoms with Crippen molar-refractivity contribution in [3.05, 3.63) is 23.2 Å². The van der Waals surface area contributed by atoms with Gasteiger partial charge in [-0.3, -0.25) is 9.59 Å². The van der Waals surface area contributed by atoms with Crippen molar-refractivity contribution in [1.82, 2.24) is 10.6 Å². The summed E-state index contributed by atoms with van der Waals surface area (Å²) in [5.74, 6) is 0.770. The lowest BCUT2D eigenvalue weighted by molar-refractivity contribution is -0.120. The van der Waals surface area contributed by atoms with E-state index in [-0.39, 0.29) is 30.5 Å². The largest absolute Gasteiger partial charge is 0.456 e. The van der Waals surface area contributed by atoms with Gasteiger partial charge in [0, 0.05) is 25.1 Å². The van der Waals surface area contributed by atoms with Crippen LogP contribution in [0, 0.1) is 6.92 Å². The summed E-state index contributed by atoms with van der Waals surface area (Å²) in [6.07, 6.45) is 1.15. The van der Waals surface area contributed by atoms with Gasteiger partial charge in [-0.2, -0.15) is 0 Å². The summed E-state index contributed by atoms with van der Waals surface area (Å²) < 4.78 is 5.29. The normalized spacial score (nSPS) is 10.3. The van der Waals surface area contributed by atoms with Crippen LogP contribution in [0.1, 0.15) is 41.6 Å². The zero-order valence-corrected chi connectivity index (χ0v) is 12.0. The van der Waals surface area contributed by atoms with E-state index >= 15 is 0 Å². The monoisotopic (exact) mass is 286 g/mol. The standard InChI is InChI=1S/C13H19ClN2O3/c1-3-5-15-12(17)4-6-16-13(18)11-7-10(8-14)9(2)19-11/h7H,3-6,8H2,1-2H3,(H,15,17)(H,16,18). The van der Waals surface area contributed by atoms with E-state index in [2.05, 4.69) is 10.6 Å². The molecule has 19 heavy (non-hydrogen) atoms. The molecule has 0 aliphatic rings. The maximum atomic E-state index is 11.7. The van der Waals surface area contributed by atoms with Crippen molar-refractivity contribution >= 4 is 23.4 Å². The Morgan fingerprint density at radius 2 is 2.05 bits per heavy atom. The zero-order valence-electron chi connectivity index (χ0n) is 11.2. The Balaban J connectivity index is 2.36. The number of hydrogen-bond acceptors (Lipinski definition) is 3. The molecule has 0 bridgehead atoms. The molecule has 2 N–H and O–H groups in total. The summed E-state index contributed by atoms with van der Waals surface area (Å²) in [7, 11) is 0. The smallest absolute Gasteiger partial charge is 0.287 e. The van der Waals surface area contributed by atoms with Crippen LogP contribution in [0.3, 0.4) is 0 Å². The predicted octanol–water partition coefficient (Wildman–Crippen LogP) is 1.97. The van der Waals surface area contributed by atoms with E-state index in [4.69, 9.17) is 16.0 Å². The first-order chi connectivity index (χ1) is 9.08. The Morgan fingerprint density at radius 3 is 2.63 bits per heavy atom. The summed E-state index contributed by atoms with van der Waals surface area (Å²) in [4.78, 5) is 23.1. The van der Waals surface area contributed by atoms with Gasteiger partial charge >= 0.3 is 0 Å². The molecule has 6 heteroatoms. The third kappa shape index (κ3) is 4.95. The number of furan rings is 1. The van der Waals surface area contributed by atoms with E-state index in [1.54, 1.807) is 13.0 Å². The number of carbonyl (C=O) groups excluding carboxylic acids is 2. The third-order valence-corrected chi connectivity index (χ3v) is 2.89. The second-order valence-corrected chi connectivity index (χ2v) is 4.45. The molecule has 1 aromatic heterocycles. The topological polar surface area (TPSA) is 71.3 Å². The summed E-state index contributed by atoms with van der Waals surface area (Å²) in [5, 5.41) is 5.37. The van der Waals surface area contributed by atoms with Gasteiger partial charge in [0.15, 0.2) is 5.76 Å². The Bertz CT molecular complexity index is 443. The van der Waals surface area contributed by atoms with E-state index < -0.39 is 0 Å². The van der Waals surface area contributed by atoms with E-state index in [0.717, 1.165) is 12.0 Å². The highest BCUT2D eigenvalue weighted by molar-refractivity contribution is 6.17. The van der Waals surface area contributed by atoms with Crippen molar-refractivity contribution in [3.63, 3.8) is 0 Å². The number of rotatable bonds is 7. The van der Waals surface area contributed by atoms with Gasteiger partial charge in [0.05, 0.1) is 5.88 Å². The molecule has 0 aliphatic heterocycles. The fourth-order valence-electron chi connectivity index (χ4n) is 1.49. The Hall–Kier alpha value is -1.49. The molecule has 0 aliphatic carbocycles. The molecule has 0 saturated carbocycles. The number of nitrogens with one attached hydrogen (secondary N) is 2. The van der Waals surface area contributed by atoms with Crippen LogP contribution in [-0.4, -0.2) is 24.9 Å². The highest BCUT2D eigenvalue weighted by Gasteiger charge is 2.13. The minimum Gasteiger partial charge on any atom is -0.456 e. The van der Waals surface area contributed by atoms with Crippen molar-refractivity contribution in [2.75, 3.05) is 13.1 Å². The second-order valence-electron chi connectivity index (χ2n) is 4.18. The molecular formula is C13H19ClN2O3. The number of aryl methyl sites for hydroxylation is 1. The van der Waals surface area contributed by atoms with Gasteiger partial charge in [-0.1, -0.05) is 6.92 Å². The minimum absolute atomic E-state index is 0.0702. The fraction of sp³-hybridized carbons (Fsp3) is 0.538. The van der Waals surface area contributed by atoms with E-state index in [9.17, 15) is 9.59 Å². The molecule has 0 fully saturated rings. The number of alkyl halides is 1. The van der Waals surface area contributed by atoms with Crippen molar-refractivity contribution < 1.29 is 14.0 Å². The second kappa shape index (κ2) is 7.84. The van der Waals surface area contributed by atoms with Gasteiger partial charge in [0.25, 0.3) is 5.91 Å². The lowest BCUT2D eigenvalue weighted by Gasteiger charge is -2.04. The Labute approximate surface area is 117 Å². The molecule has 5 nitrogen and oxygen atoms in total. The maximum absolute atomic E-state index is 11.7. The maximum Gasteiger partial charge on any atom is 0.287 e. The molecule has 0 unspecified atom stereocenters. The molecule has 2 amide bonds. The van der Waals surface area contributed by atoms with Gasteiger partial charge in [-0.15, -0.1) is 11.6 Å². The van der Waals surface area contributed by atoms with Crippen LogP contribution in [0.25, 0.3) is 0 Å². The molecule has 106 valence electrons. The summed E-state index contributed by atoms with van der Waals surface area (Å²) in [6, 6.07) is 1.62. The molecule has 1 rings (SSSR count). The summed E-state index contributed by atoms with van der Waals surface area (Å²) in [5.41, 5.74) is 0.799. The number of hydrogen-bond donors (Lipinski definition) is 2. The summed E-state index contributed by atoms with van der Waals surface area (Å²) >= 11 is 5.70. The average molecular weight is 287 g/mol. The molecule has 1 aromatic rings. The Kier molecular flexibility index (Phi) is 6.42. The van der Waals surface area contributed by atoms with Crippen molar-refractivity contribution in [2.24, 2.45) is 0 Å². The van der Waals surface area contributed by atoms with E-state index in [0.29, 0.717) is 18.2 Å². The summed E-state index contributed by atoms with van der Waals surface area (Å²) in [6.45, 7) is 4.68. The molecule has 0 spiro atoms. The van der Waals surface area contributed by atoms with Crippen LogP contribution in [0.5, 0.6) is 0 Å². The van der Waals surface area contributed by atoms with Gasteiger partial charge < -0.3 is 15.1 Å². The van der Waals surface area contributed by atoms with Crippen molar-refractivity contribution in [1.29, 1.82) is 0 Å². The number of halogens is 1. The third-order valence-electron chi connectivity index (χ3n) is 2.60. The van der Waals surface area contributed by atoms with Crippen LogP contribution < -0.4 is 10.6 Å². The average Bonchev–Trinajstić information content (AvgIpc) is 2.77. The van der Waals surface area contributed by atoms with Gasteiger partial charge in [0.1, 0.15) is 5.76 Å². The van der Waals surface area contributed by atoms with Crippen LogP contribution in [0.15, 0.2) is 10.5 Å². The molecule has 0 radical (unpaired) electrons. The first-order valence-electron chi connectivity index (χ1n) is 6.28. The first-order valence-corrected chi connectivity index (χ1v) is 6.82. The molecule has 0 saturated heterocycles. The van der Waals surface area contributed by atoms with Gasteiger partial charge in [0.2, 0.25) is 5.91 Å². The minimum atomic E-state index is -0.331. The van der Waals surface area contributed by atoms with Crippen molar-refractivity contribution in [3.8, 4) is 0 Å². The molecule has 0 atom stereocenters. The number of amides is 2. The fourth-order valence-corrected chi connectivity index (χ4v) is 1.76. The van der Waals surface area contributed by atoms with Crippen molar-refractivity contribution in [2.45, 2.75) is 32.6 Å². The SMILES string of the molecule is CCCNC(=O)CCNC(=O)c1cc(CCl)c(C)o1. The lowest BCUT2D eigenvalue weighted by Crippen LogP contribution is -2.30. The van der Waals surface area contributed by atoms with E-state index in [1.165, 1.54) is 0 Å². The highest BCUT2D eigenvalue weighted by Crippen LogP contribution is 2.16. The Morgan fingerprint density at radius 1 is 1.32 bits per heavy atom. The van der Waals surface area contributed by atoms with E-state index in [1.807, 2.05) is 6.92 Å². The first kappa shape index (κ1) is 15.6. The zero-order chi connectivity index (χ0) is 14.3. The lowest BCUT2D eigenvalue weighted by atomic mass is 10.3. The highest BCUT2D eigenvalue weighted by atomic mass is 35.5. The molecule has 0 aromatic carbocycles.